The van der Waals surface area contributed by atoms with E-state index >= 15 is 0 Å². The predicted molar refractivity (Wildman–Crippen MR) is 131 cm³/mol. The minimum atomic E-state index is -1.29. The van der Waals surface area contributed by atoms with E-state index in [0.717, 1.165) is 22.0 Å². The van der Waals surface area contributed by atoms with Crippen LogP contribution in [0.25, 0.3) is 10.2 Å². The molecule has 2 rings (SSSR count). The van der Waals surface area contributed by atoms with Gasteiger partial charge in [0.25, 0.3) is 0 Å². The van der Waals surface area contributed by atoms with Gasteiger partial charge >= 0.3 is 5.97 Å². The van der Waals surface area contributed by atoms with Crippen molar-refractivity contribution in [3.8, 4) is 0 Å². The summed E-state index contributed by atoms with van der Waals surface area (Å²) in [6.45, 7) is 11.1. The van der Waals surface area contributed by atoms with Crippen LogP contribution in [-0.4, -0.2) is 48.9 Å². The van der Waals surface area contributed by atoms with E-state index in [4.69, 9.17) is 0 Å². The molecule has 0 aliphatic carbocycles. The smallest absolute Gasteiger partial charge is 0.319 e. The van der Waals surface area contributed by atoms with E-state index in [2.05, 4.69) is 30.5 Å². The fraction of sp³-hybridized carbons (Fsp3) is 0.625. The van der Waals surface area contributed by atoms with E-state index in [1.165, 1.54) is 76.6 Å². The zero-order valence-electron chi connectivity index (χ0n) is 19.9. The van der Waals surface area contributed by atoms with Crippen LogP contribution in [0.15, 0.2) is 28.6 Å². The molecule has 1 heterocycles. The number of aliphatic carboxylic acids is 1. The Hall–Kier alpha value is -1.64. The summed E-state index contributed by atoms with van der Waals surface area (Å²) in [4.78, 5) is 28.3. The molecule has 0 fully saturated rings. The number of hydrogen-bond acceptors (Lipinski definition) is 7. The quantitative estimate of drug-likeness (QED) is 0.328. The third-order valence-electron chi connectivity index (χ3n) is 4.99. The summed E-state index contributed by atoms with van der Waals surface area (Å²) in [6.07, 6.45) is 7.87. The van der Waals surface area contributed by atoms with Gasteiger partial charge in [0.05, 0.1) is 37.0 Å². The van der Waals surface area contributed by atoms with Crippen molar-refractivity contribution in [2.24, 2.45) is 0 Å². The molecule has 0 saturated carbocycles. The standard InChI is InChI=1S/C12H11NO4S2.C12H27N/c1-17-11(16)9(6-10(14)15)19-12-13-7-4-2-3-5-8(7)18-12;1-4-7-10-13(11-8-5-2)12-9-6-3/h2-5,9H,6H2,1H3,(H,14,15);4-12H2,1-3H3. The summed E-state index contributed by atoms with van der Waals surface area (Å²) in [5, 5.41) is 9.81. The number of nitrogens with zero attached hydrogens (tertiary/aromatic N) is 1. The number of benzene rings is 1. The number of unbranched alkanes of at least 4 members (excludes halogenated alkanes) is 3. The summed E-state index contributed by atoms with van der Waals surface area (Å²) in [6, 6.07) is 7.55. The molecule has 1 aromatic heterocycles. The van der Waals surface area contributed by atoms with Crippen molar-refractivity contribution in [1.29, 1.82) is 0 Å². The van der Waals surface area contributed by atoms with Crippen molar-refractivity contribution < 1.29 is 24.3 Å². The molecule has 1 unspecified atom stereocenters. The van der Waals surface area contributed by atoms with Gasteiger partial charge in [-0.2, -0.15) is 0 Å². The SMILES string of the molecule is CCCC[NH+](CCCC)CCCC.COC(=O)C(CC(=O)[O-])Sc1nc2ccccc2s1. The molecule has 6 nitrogen and oxygen atoms in total. The van der Waals surface area contributed by atoms with Gasteiger partial charge in [0.2, 0.25) is 0 Å². The molecule has 32 heavy (non-hydrogen) atoms. The normalized spacial score (nSPS) is 11.8. The zero-order chi connectivity index (χ0) is 23.8. The molecule has 1 aromatic carbocycles. The van der Waals surface area contributed by atoms with Crippen LogP contribution >= 0.6 is 23.1 Å². The number of hydrogen-bond donors (Lipinski definition) is 1. The highest BCUT2D eigenvalue weighted by molar-refractivity contribution is 8.02. The Morgan fingerprint density at radius 2 is 1.62 bits per heavy atom. The van der Waals surface area contributed by atoms with E-state index in [-0.39, 0.29) is 0 Å². The van der Waals surface area contributed by atoms with Crippen LogP contribution in [0, 0.1) is 0 Å². The number of nitrogens with one attached hydrogen (secondary N) is 1. The van der Waals surface area contributed by atoms with Crippen molar-refractivity contribution in [2.45, 2.75) is 75.3 Å². The average molecular weight is 483 g/mol. The molecule has 0 amide bonds. The molecule has 0 bridgehead atoms. The number of carbonyl (C=O) groups is 2. The van der Waals surface area contributed by atoms with Gasteiger partial charge in [-0.15, -0.1) is 11.3 Å². The fourth-order valence-electron chi connectivity index (χ4n) is 3.13. The molecule has 0 radical (unpaired) electrons. The molecule has 180 valence electrons. The number of esters is 1. The van der Waals surface area contributed by atoms with Gasteiger partial charge in [0, 0.05) is 12.4 Å². The van der Waals surface area contributed by atoms with Crippen LogP contribution in [0.2, 0.25) is 0 Å². The maximum atomic E-state index is 11.5. The molecule has 1 N–H and O–H groups in total. The first-order valence-corrected chi connectivity index (χ1v) is 13.3. The highest BCUT2D eigenvalue weighted by atomic mass is 32.2. The number of carboxylic acid groups (broad SMARTS) is 1. The Kier molecular flexibility index (Phi) is 15.0. The molecule has 0 aliphatic rings. The second kappa shape index (κ2) is 16.9. The Bertz CT molecular complexity index is 745. The number of fused-ring (bicyclic) bond motifs is 1. The Morgan fingerprint density at radius 1 is 1.06 bits per heavy atom. The second-order valence-electron chi connectivity index (χ2n) is 7.71. The first kappa shape index (κ1) is 28.4. The highest BCUT2D eigenvalue weighted by Crippen LogP contribution is 2.33. The van der Waals surface area contributed by atoms with Gasteiger partial charge in [-0.3, -0.25) is 4.79 Å². The third kappa shape index (κ3) is 11.3. The number of carboxylic acids is 1. The number of thioether (sulfide) groups is 1. The number of rotatable bonds is 14. The molecule has 2 aromatic rings. The number of methoxy groups -OCH3 is 1. The molecule has 0 saturated heterocycles. The highest BCUT2D eigenvalue weighted by Gasteiger charge is 2.22. The Morgan fingerprint density at radius 3 is 2.09 bits per heavy atom. The van der Waals surface area contributed by atoms with Crippen LogP contribution in [0.1, 0.15) is 65.7 Å². The topological polar surface area (TPSA) is 83.8 Å². The van der Waals surface area contributed by atoms with Crippen LogP contribution in [0.5, 0.6) is 0 Å². The lowest BCUT2D eigenvalue weighted by Gasteiger charge is -2.18. The van der Waals surface area contributed by atoms with E-state index in [1.807, 2.05) is 29.2 Å². The molecular weight excluding hydrogens is 444 g/mol. The molecule has 0 aliphatic heterocycles. The summed E-state index contributed by atoms with van der Waals surface area (Å²) in [5.74, 6) is -1.88. The minimum absolute atomic E-state index is 0.396. The second-order valence-corrected chi connectivity index (χ2v) is 10.2. The number of ether oxygens (including phenoxy) is 1. The lowest BCUT2D eigenvalue weighted by atomic mass is 10.2. The van der Waals surface area contributed by atoms with Crippen LogP contribution in [0.3, 0.4) is 0 Å². The number of para-hydroxylation sites is 1. The van der Waals surface area contributed by atoms with Gasteiger partial charge in [0.15, 0.2) is 4.34 Å². The van der Waals surface area contributed by atoms with E-state index in [9.17, 15) is 14.7 Å². The number of quaternary nitrogens is 1. The van der Waals surface area contributed by atoms with E-state index in [1.54, 1.807) is 0 Å². The summed E-state index contributed by atoms with van der Waals surface area (Å²) in [7, 11) is 1.23. The van der Waals surface area contributed by atoms with Gasteiger partial charge in [-0.25, -0.2) is 4.98 Å². The Balaban J connectivity index is 0.000000347. The van der Waals surface area contributed by atoms with Crippen molar-refractivity contribution >= 4 is 45.3 Å². The summed E-state index contributed by atoms with van der Waals surface area (Å²) < 4.78 is 6.21. The maximum absolute atomic E-state index is 11.5. The first-order chi connectivity index (χ1) is 15.4. The predicted octanol–water partition coefficient (Wildman–Crippen LogP) is 3.34. The third-order valence-corrected chi connectivity index (χ3v) is 7.29. The van der Waals surface area contributed by atoms with Gasteiger partial charge in [-0.05, 0) is 31.4 Å². The Labute approximate surface area is 200 Å². The van der Waals surface area contributed by atoms with Gasteiger partial charge < -0.3 is 19.5 Å². The van der Waals surface area contributed by atoms with Crippen molar-refractivity contribution in [3.63, 3.8) is 0 Å². The lowest BCUT2D eigenvalue weighted by Crippen LogP contribution is -3.12. The molecule has 0 spiro atoms. The number of aromatic nitrogens is 1. The minimum Gasteiger partial charge on any atom is -0.550 e. The van der Waals surface area contributed by atoms with Crippen molar-refractivity contribution in [1.82, 2.24) is 4.98 Å². The summed E-state index contributed by atoms with van der Waals surface area (Å²) in [5.41, 5.74) is 0.826. The first-order valence-electron chi connectivity index (χ1n) is 11.6. The largest absolute Gasteiger partial charge is 0.550 e. The van der Waals surface area contributed by atoms with Crippen molar-refractivity contribution in [2.75, 3.05) is 26.7 Å². The van der Waals surface area contributed by atoms with E-state index in [0.29, 0.717) is 4.34 Å². The van der Waals surface area contributed by atoms with Crippen LogP contribution < -0.4 is 10.0 Å². The number of thiazole rings is 1. The monoisotopic (exact) mass is 482 g/mol. The zero-order valence-corrected chi connectivity index (χ0v) is 21.5. The molecular formula is C24H38N2O4S2. The van der Waals surface area contributed by atoms with E-state index < -0.39 is 23.6 Å². The number of carbonyl (C=O) groups excluding carboxylic acids is 2. The fourth-order valence-corrected chi connectivity index (χ4v) is 5.45. The average Bonchev–Trinajstić information content (AvgIpc) is 3.20. The van der Waals surface area contributed by atoms with Crippen molar-refractivity contribution in [3.05, 3.63) is 24.3 Å². The summed E-state index contributed by atoms with van der Waals surface area (Å²) >= 11 is 2.50. The lowest BCUT2D eigenvalue weighted by molar-refractivity contribution is -0.900. The van der Waals surface area contributed by atoms with Crippen LogP contribution in [0.4, 0.5) is 0 Å². The molecule has 1 atom stereocenters. The van der Waals surface area contributed by atoms with Gasteiger partial charge in [-0.1, -0.05) is 63.9 Å². The molecule has 8 heteroatoms. The maximum Gasteiger partial charge on any atom is 0.319 e. The van der Waals surface area contributed by atoms with Crippen LogP contribution in [-0.2, 0) is 14.3 Å². The van der Waals surface area contributed by atoms with Gasteiger partial charge in [0.1, 0.15) is 5.25 Å².